The molecule has 0 saturated heterocycles. The highest BCUT2D eigenvalue weighted by molar-refractivity contribution is 5.69. The van der Waals surface area contributed by atoms with E-state index < -0.39 is 0 Å². The molecule has 2 atom stereocenters. The van der Waals surface area contributed by atoms with E-state index in [1.807, 2.05) is 37.3 Å². The minimum absolute atomic E-state index is 0.153. The summed E-state index contributed by atoms with van der Waals surface area (Å²) in [4.78, 5) is 11.5. The maximum atomic E-state index is 11.5. The third-order valence-corrected chi connectivity index (χ3v) is 2.86. The molecule has 0 aliphatic rings. The number of ether oxygens (including phenoxy) is 2. The van der Waals surface area contributed by atoms with Crippen LogP contribution in [0.2, 0.25) is 0 Å². The Hall–Kier alpha value is -1.51. The molecule has 3 nitrogen and oxygen atoms in total. The molecular weight excluding hydrogens is 240 g/mol. The van der Waals surface area contributed by atoms with Crippen LogP contribution in [0.5, 0.6) is 5.75 Å². The Kier molecular flexibility index (Phi) is 6.40. The summed E-state index contributed by atoms with van der Waals surface area (Å²) in [5.41, 5.74) is 0. The van der Waals surface area contributed by atoms with Crippen LogP contribution < -0.4 is 4.74 Å². The van der Waals surface area contributed by atoms with Gasteiger partial charge in [0.05, 0.1) is 0 Å². The van der Waals surface area contributed by atoms with Crippen LogP contribution in [0.1, 0.15) is 40.5 Å². The molecule has 1 aromatic rings. The molecule has 106 valence electrons. The van der Waals surface area contributed by atoms with Crippen LogP contribution in [0.25, 0.3) is 0 Å². The van der Waals surface area contributed by atoms with Crippen molar-refractivity contribution in [2.75, 3.05) is 0 Å². The molecule has 1 rings (SSSR count). The second-order valence-corrected chi connectivity index (χ2v) is 5.15. The molecule has 0 fully saturated rings. The fraction of sp³-hybridized carbons (Fsp3) is 0.562. The van der Waals surface area contributed by atoms with E-state index in [4.69, 9.17) is 9.47 Å². The summed E-state index contributed by atoms with van der Waals surface area (Å²) in [6.07, 6.45) is 0.847. The van der Waals surface area contributed by atoms with Crippen LogP contribution in [0.15, 0.2) is 30.3 Å². The molecule has 0 amide bonds. The van der Waals surface area contributed by atoms with Crippen molar-refractivity contribution in [3.63, 3.8) is 0 Å². The Morgan fingerprint density at radius 2 is 1.79 bits per heavy atom. The molecule has 0 spiro atoms. The highest BCUT2D eigenvalue weighted by Crippen LogP contribution is 2.18. The largest absolute Gasteiger partial charge is 0.487 e. The highest BCUT2D eigenvalue weighted by atomic mass is 16.6. The summed E-state index contributed by atoms with van der Waals surface area (Å²) in [6, 6.07) is 9.62. The van der Waals surface area contributed by atoms with Gasteiger partial charge in [-0.3, -0.25) is 4.79 Å². The molecule has 0 aromatic heterocycles. The van der Waals surface area contributed by atoms with Gasteiger partial charge in [-0.05, 0) is 31.4 Å². The topological polar surface area (TPSA) is 35.5 Å². The van der Waals surface area contributed by atoms with Gasteiger partial charge in [0.1, 0.15) is 18.0 Å². The number of hydrogen-bond donors (Lipinski definition) is 0. The zero-order chi connectivity index (χ0) is 14.3. The van der Waals surface area contributed by atoms with E-state index in [1.165, 1.54) is 0 Å². The van der Waals surface area contributed by atoms with Crippen LogP contribution in [0, 0.1) is 5.92 Å². The quantitative estimate of drug-likeness (QED) is 0.702. The van der Waals surface area contributed by atoms with E-state index >= 15 is 0 Å². The second kappa shape index (κ2) is 7.82. The Balaban J connectivity index is 2.65. The minimum atomic E-state index is -0.201. The maximum Gasteiger partial charge on any atom is 0.305 e. The number of hydrogen-bond acceptors (Lipinski definition) is 3. The Morgan fingerprint density at radius 1 is 1.16 bits per heavy atom. The predicted octanol–water partition coefficient (Wildman–Crippen LogP) is 3.82. The molecule has 0 aliphatic heterocycles. The van der Waals surface area contributed by atoms with Crippen molar-refractivity contribution in [1.29, 1.82) is 0 Å². The van der Waals surface area contributed by atoms with Crippen LogP contribution >= 0.6 is 0 Å². The summed E-state index contributed by atoms with van der Waals surface area (Å²) >= 11 is 0. The van der Waals surface area contributed by atoms with E-state index in [1.54, 1.807) is 6.92 Å². The summed E-state index contributed by atoms with van der Waals surface area (Å²) in [5, 5.41) is 0. The Labute approximate surface area is 115 Å². The SMILES string of the molecule is CCC(=O)OC(CC(C)C)C(C)Oc1ccccc1. The summed E-state index contributed by atoms with van der Waals surface area (Å²) < 4.78 is 11.3. The van der Waals surface area contributed by atoms with E-state index in [0.29, 0.717) is 12.3 Å². The van der Waals surface area contributed by atoms with E-state index in [-0.39, 0.29) is 18.2 Å². The summed E-state index contributed by atoms with van der Waals surface area (Å²) in [7, 11) is 0. The van der Waals surface area contributed by atoms with E-state index in [9.17, 15) is 4.79 Å². The normalized spacial score (nSPS) is 13.9. The van der Waals surface area contributed by atoms with Crippen molar-refractivity contribution in [2.45, 2.75) is 52.7 Å². The van der Waals surface area contributed by atoms with Crippen molar-refractivity contribution < 1.29 is 14.3 Å². The van der Waals surface area contributed by atoms with Crippen LogP contribution in [0.3, 0.4) is 0 Å². The molecule has 0 heterocycles. The third kappa shape index (κ3) is 5.77. The minimum Gasteiger partial charge on any atom is -0.487 e. The predicted molar refractivity (Wildman–Crippen MR) is 76.2 cm³/mol. The van der Waals surface area contributed by atoms with Gasteiger partial charge in [0.2, 0.25) is 0 Å². The smallest absolute Gasteiger partial charge is 0.305 e. The van der Waals surface area contributed by atoms with Crippen LogP contribution in [0.4, 0.5) is 0 Å². The fourth-order valence-corrected chi connectivity index (χ4v) is 1.84. The van der Waals surface area contributed by atoms with Crippen molar-refractivity contribution >= 4 is 5.97 Å². The van der Waals surface area contributed by atoms with Gasteiger partial charge < -0.3 is 9.47 Å². The average Bonchev–Trinajstić information content (AvgIpc) is 2.38. The molecule has 1 aromatic carbocycles. The van der Waals surface area contributed by atoms with Gasteiger partial charge in [0, 0.05) is 6.42 Å². The fourth-order valence-electron chi connectivity index (χ4n) is 1.84. The van der Waals surface area contributed by atoms with Gasteiger partial charge in [-0.15, -0.1) is 0 Å². The van der Waals surface area contributed by atoms with Crippen molar-refractivity contribution in [3.05, 3.63) is 30.3 Å². The lowest BCUT2D eigenvalue weighted by Gasteiger charge is -2.26. The van der Waals surface area contributed by atoms with Gasteiger partial charge in [-0.2, -0.15) is 0 Å². The zero-order valence-corrected chi connectivity index (χ0v) is 12.3. The lowest BCUT2D eigenvalue weighted by molar-refractivity contribution is -0.154. The second-order valence-electron chi connectivity index (χ2n) is 5.15. The third-order valence-electron chi connectivity index (χ3n) is 2.86. The lowest BCUT2D eigenvalue weighted by atomic mass is 10.0. The number of esters is 1. The van der Waals surface area contributed by atoms with Crippen molar-refractivity contribution in [3.8, 4) is 5.75 Å². The molecule has 0 N–H and O–H groups in total. The number of para-hydroxylation sites is 1. The zero-order valence-electron chi connectivity index (χ0n) is 12.3. The van der Waals surface area contributed by atoms with Crippen molar-refractivity contribution in [2.24, 2.45) is 5.92 Å². The molecule has 0 radical (unpaired) electrons. The van der Waals surface area contributed by atoms with Gasteiger partial charge in [-0.1, -0.05) is 39.0 Å². The lowest BCUT2D eigenvalue weighted by Crippen LogP contribution is -2.34. The standard InChI is InChI=1S/C16H24O3/c1-5-16(17)19-15(11-12(2)3)13(4)18-14-9-7-6-8-10-14/h6-10,12-13,15H,5,11H2,1-4H3. The average molecular weight is 264 g/mol. The number of carbonyl (C=O) groups excluding carboxylic acids is 1. The number of rotatable bonds is 7. The molecule has 0 bridgehead atoms. The first-order valence-corrected chi connectivity index (χ1v) is 6.94. The number of carbonyl (C=O) groups is 1. The summed E-state index contributed by atoms with van der Waals surface area (Å²) in [6.45, 7) is 7.98. The van der Waals surface area contributed by atoms with Crippen LogP contribution in [-0.2, 0) is 9.53 Å². The first-order chi connectivity index (χ1) is 9.02. The molecule has 3 heteroatoms. The Bertz CT molecular complexity index is 373. The van der Waals surface area contributed by atoms with Gasteiger partial charge in [0.25, 0.3) is 0 Å². The molecular formula is C16H24O3. The monoisotopic (exact) mass is 264 g/mol. The van der Waals surface area contributed by atoms with Crippen LogP contribution in [-0.4, -0.2) is 18.2 Å². The van der Waals surface area contributed by atoms with Gasteiger partial charge in [-0.25, -0.2) is 0 Å². The van der Waals surface area contributed by atoms with Crippen molar-refractivity contribution in [1.82, 2.24) is 0 Å². The highest BCUT2D eigenvalue weighted by Gasteiger charge is 2.23. The Morgan fingerprint density at radius 3 is 2.32 bits per heavy atom. The first kappa shape index (κ1) is 15.5. The maximum absolute atomic E-state index is 11.5. The summed E-state index contributed by atoms with van der Waals surface area (Å²) in [5.74, 6) is 1.09. The molecule has 0 saturated carbocycles. The van der Waals surface area contributed by atoms with E-state index in [2.05, 4.69) is 13.8 Å². The molecule has 19 heavy (non-hydrogen) atoms. The van der Waals surface area contributed by atoms with Gasteiger partial charge >= 0.3 is 5.97 Å². The van der Waals surface area contributed by atoms with Gasteiger partial charge in [0.15, 0.2) is 0 Å². The first-order valence-electron chi connectivity index (χ1n) is 6.94. The molecule has 0 aliphatic carbocycles. The number of benzene rings is 1. The van der Waals surface area contributed by atoms with E-state index in [0.717, 1.165) is 12.2 Å². The molecule has 2 unspecified atom stereocenters.